The molecule has 100 valence electrons. The Kier molecular flexibility index (Phi) is 4.91. The minimum Gasteiger partial charge on any atom is -0.457 e. The average Bonchev–Trinajstić information content (AvgIpc) is 2.24. The van der Waals surface area contributed by atoms with Gasteiger partial charge in [-0.25, -0.2) is 4.79 Å². The van der Waals surface area contributed by atoms with Crippen LogP contribution in [0.3, 0.4) is 0 Å². The number of aliphatic hydroxyl groups excluding tert-OH is 1. The van der Waals surface area contributed by atoms with E-state index in [2.05, 4.69) is 6.58 Å². The predicted octanol–water partition coefficient (Wildman–Crippen LogP) is 2.91. The smallest absolute Gasteiger partial charge is 0.331 e. The van der Waals surface area contributed by atoms with Crippen molar-refractivity contribution in [3.8, 4) is 0 Å². The molecule has 1 atom stereocenters. The van der Waals surface area contributed by atoms with E-state index in [1.807, 2.05) is 20.8 Å². The van der Waals surface area contributed by atoms with Gasteiger partial charge in [0.15, 0.2) is 0 Å². The maximum absolute atomic E-state index is 11.6. The van der Waals surface area contributed by atoms with Gasteiger partial charge in [0.1, 0.15) is 5.60 Å². The summed E-state index contributed by atoms with van der Waals surface area (Å²) in [5.41, 5.74) is 1.29. The number of aliphatic hydroxyl groups is 1. The van der Waals surface area contributed by atoms with Crippen LogP contribution in [-0.4, -0.2) is 22.8 Å². The fourth-order valence-corrected chi connectivity index (χ4v) is 1.93. The summed E-state index contributed by atoms with van der Waals surface area (Å²) in [5.74, 6) is -0.392. The highest BCUT2D eigenvalue weighted by Crippen LogP contribution is 2.26. The van der Waals surface area contributed by atoms with Crippen LogP contribution in [0.1, 0.15) is 40.0 Å². The van der Waals surface area contributed by atoms with E-state index in [4.69, 9.17) is 4.74 Å². The normalized spacial score (nSPS) is 21.2. The van der Waals surface area contributed by atoms with Gasteiger partial charge in [0.25, 0.3) is 0 Å². The first-order chi connectivity index (χ1) is 8.33. The largest absolute Gasteiger partial charge is 0.457 e. The Morgan fingerprint density at radius 3 is 2.72 bits per heavy atom. The predicted molar refractivity (Wildman–Crippen MR) is 72.1 cm³/mol. The van der Waals surface area contributed by atoms with Gasteiger partial charge in [-0.2, -0.15) is 0 Å². The van der Waals surface area contributed by atoms with Crippen molar-refractivity contribution < 1.29 is 14.6 Å². The summed E-state index contributed by atoms with van der Waals surface area (Å²) >= 11 is 0. The molecule has 0 saturated carbocycles. The molecular formula is C15H22O3. The third-order valence-electron chi connectivity index (χ3n) is 2.71. The summed E-state index contributed by atoms with van der Waals surface area (Å²) in [4.78, 5) is 11.6. The van der Waals surface area contributed by atoms with Gasteiger partial charge in [-0.1, -0.05) is 12.7 Å². The summed E-state index contributed by atoms with van der Waals surface area (Å²) in [6.45, 7) is 9.20. The van der Waals surface area contributed by atoms with E-state index in [1.54, 1.807) is 12.2 Å². The zero-order valence-electron chi connectivity index (χ0n) is 11.4. The average molecular weight is 250 g/mol. The summed E-state index contributed by atoms with van der Waals surface area (Å²) in [7, 11) is 0. The van der Waals surface area contributed by atoms with Crippen LogP contribution in [-0.2, 0) is 9.53 Å². The van der Waals surface area contributed by atoms with Crippen molar-refractivity contribution in [3.63, 3.8) is 0 Å². The van der Waals surface area contributed by atoms with Crippen LogP contribution >= 0.6 is 0 Å². The Balaban J connectivity index is 2.78. The SMILES string of the molecule is C=CC1=C(/C=C/C(=O)OC(C)(C)C)C(O)CCC1. The Morgan fingerprint density at radius 2 is 2.17 bits per heavy atom. The van der Waals surface area contributed by atoms with Crippen molar-refractivity contribution in [1.29, 1.82) is 0 Å². The lowest BCUT2D eigenvalue weighted by atomic mass is 9.89. The van der Waals surface area contributed by atoms with Gasteiger partial charge in [-0.05, 0) is 57.3 Å². The minimum atomic E-state index is -0.509. The van der Waals surface area contributed by atoms with Crippen molar-refractivity contribution in [2.75, 3.05) is 0 Å². The van der Waals surface area contributed by atoms with Gasteiger partial charge < -0.3 is 9.84 Å². The lowest BCUT2D eigenvalue weighted by Crippen LogP contribution is -2.22. The molecule has 18 heavy (non-hydrogen) atoms. The summed E-state index contributed by atoms with van der Waals surface area (Å²) in [6.07, 6.45) is 6.84. The molecule has 0 heterocycles. The first-order valence-corrected chi connectivity index (χ1v) is 6.28. The molecule has 1 aliphatic carbocycles. The van der Waals surface area contributed by atoms with Gasteiger partial charge in [0.05, 0.1) is 6.10 Å². The van der Waals surface area contributed by atoms with Crippen LogP contribution in [0, 0.1) is 0 Å². The molecule has 0 amide bonds. The Hall–Kier alpha value is -1.35. The van der Waals surface area contributed by atoms with Crippen LogP contribution in [0.15, 0.2) is 36.0 Å². The van der Waals surface area contributed by atoms with Crippen LogP contribution in [0.25, 0.3) is 0 Å². The Morgan fingerprint density at radius 1 is 1.50 bits per heavy atom. The number of hydrogen-bond acceptors (Lipinski definition) is 3. The van der Waals surface area contributed by atoms with E-state index in [9.17, 15) is 9.90 Å². The lowest BCUT2D eigenvalue weighted by molar-refractivity contribution is -0.148. The van der Waals surface area contributed by atoms with E-state index in [-0.39, 0.29) is 0 Å². The third kappa shape index (κ3) is 4.49. The number of esters is 1. The van der Waals surface area contributed by atoms with E-state index in [0.717, 1.165) is 30.4 Å². The molecule has 0 aliphatic heterocycles. The van der Waals surface area contributed by atoms with Crippen molar-refractivity contribution in [3.05, 3.63) is 36.0 Å². The van der Waals surface area contributed by atoms with Crippen LogP contribution in [0.4, 0.5) is 0 Å². The van der Waals surface area contributed by atoms with Gasteiger partial charge in [-0.3, -0.25) is 0 Å². The number of ether oxygens (including phenoxy) is 1. The number of carbonyl (C=O) groups is 1. The molecule has 1 N–H and O–H groups in total. The lowest BCUT2D eigenvalue weighted by Gasteiger charge is -2.21. The maximum atomic E-state index is 11.6. The molecule has 0 radical (unpaired) electrons. The topological polar surface area (TPSA) is 46.5 Å². The third-order valence-corrected chi connectivity index (χ3v) is 2.71. The molecule has 0 saturated heterocycles. The molecule has 1 aliphatic rings. The van der Waals surface area contributed by atoms with Crippen molar-refractivity contribution in [1.82, 2.24) is 0 Å². The Bertz CT molecular complexity index is 383. The monoisotopic (exact) mass is 250 g/mol. The fraction of sp³-hybridized carbons (Fsp3) is 0.533. The molecule has 3 heteroatoms. The van der Waals surface area contributed by atoms with Crippen LogP contribution in [0.2, 0.25) is 0 Å². The van der Waals surface area contributed by atoms with Gasteiger partial charge in [0.2, 0.25) is 0 Å². The first-order valence-electron chi connectivity index (χ1n) is 6.28. The van der Waals surface area contributed by atoms with E-state index < -0.39 is 17.7 Å². The minimum absolute atomic E-state index is 0.392. The molecule has 3 nitrogen and oxygen atoms in total. The van der Waals surface area contributed by atoms with Crippen molar-refractivity contribution in [2.24, 2.45) is 0 Å². The molecule has 0 aromatic carbocycles. The van der Waals surface area contributed by atoms with Crippen LogP contribution in [0.5, 0.6) is 0 Å². The number of rotatable bonds is 3. The molecule has 1 unspecified atom stereocenters. The van der Waals surface area contributed by atoms with E-state index >= 15 is 0 Å². The molecule has 0 fully saturated rings. The molecule has 1 rings (SSSR count). The highest BCUT2D eigenvalue weighted by molar-refractivity contribution is 5.83. The van der Waals surface area contributed by atoms with Gasteiger partial charge in [-0.15, -0.1) is 0 Å². The molecule has 0 bridgehead atoms. The van der Waals surface area contributed by atoms with E-state index in [0.29, 0.717) is 0 Å². The second kappa shape index (κ2) is 6.01. The summed E-state index contributed by atoms with van der Waals surface area (Å²) < 4.78 is 5.18. The second-order valence-corrected chi connectivity index (χ2v) is 5.46. The first kappa shape index (κ1) is 14.7. The van der Waals surface area contributed by atoms with Crippen molar-refractivity contribution >= 4 is 5.97 Å². The number of allylic oxidation sites excluding steroid dienone is 2. The second-order valence-electron chi connectivity index (χ2n) is 5.46. The van der Waals surface area contributed by atoms with Gasteiger partial charge >= 0.3 is 5.97 Å². The zero-order chi connectivity index (χ0) is 13.8. The zero-order valence-corrected chi connectivity index (χ0v) is 11.4. The van der Waals surface area contributed by atoms with Crippen LogP contribution < -0.4 is 0 Å². The highest BCUT2D eigenvalue weighted by atomic mass is 16.6. The number of hydrogen-bond donors (Lipinski definition) is 1. The molecule has 0 aromatic rings. The Labute approximate surface area is 109 Å². The van der Waals surface area contributed by atoms with Gasteiger partial charge in [0, 0.05) is 6.08 Å². The molecular weight excluding hydrogens is 228 g/mol. The van der Waals surface area contributed by atoms with E-state index in [1.165, 1.54) is 6.08 Å². The maximum Gasteiger partial charge on any atom is 0.331 e. The summed E-state index contributed by atoms with van der Waals surface area (Å²) in [5, 5.41) is 9.91. The van der Waals surface area contributed by atoms with Crippen molar-refractivity contribution in [2.45, 2.75) is 51.7 Å². The highest BCUT2D eigenvalue weighted by Gasteiger charge is 2.18. The summed E-state index contributed by atoms with van der Waals surface area (Å²) in [6, 6.07) is 0. The standard InChI is InChI=1S/C15H22O3/c1-5-11-7-6-8-13(16)12(11)9-10-14(17)18-15(2,3)4/h5,9-10,13,16H,1,6-8H2,2-4H3/b10-9+. The quantitative estimate of drug-likeness (QED) is 0.619. The fourth-order valence-electron chi connectivity index (χ4n) is 1.93. The molecule has 0 spiro atoms. The molecule has 0 aromatic heterocycles. The number of carbonyl (C=O) groups excluding carboxylic acids is 1.